The minimum absolute atomic E-state index is 0.0697. The van der Waals surface area contributed by atoms with Gasteiger partial charge in [0.15, 0.2) is 0 Å². The number of piperidine rings is 1. The maximum absolute atomic E-state index is 13.2. The second kappa shape index (κ2) is 6.97. The van der Waals surface area contributed by atoms with Gasteiger partial charge in [0.2, 0.25) is 11.8 Å². The lowest BCUT2D eigenvalue weighted by atomic mass is 9.84. The van der Waals surface area contributed by atoms with E-state index in [0.29, 0.717) is 19.0 Å². The smallest absolute Gasteiger partial charge is 0.255 e. The van der Waals surface area contributed by atoms with Gasteiger partial charge in [-0.2, -0.15) is 0 Å². The molecule has 3 fully saturated rings. The summed E-state index contributed by atoms with van der Waals surface area (Å²) in [5, 5.41) is 5.85. The lowest BCUT2D eigenvalue weighted by molar-refractivity contribution is -0.136. The Morgan fingerprint density at radius 1 is 1.07 bits per heavy atom. The summed E-state index contributed by atoms with van der Waals surface area (Å²) in [5.74, 6) is 0.0916. The van der Waals surface area contributed by atoms with Crippen LogP contribution in [-0.2, 0) is 22.7 Å². The SMILES string of the molecule is O=C1CCC(N2Cc3cccc(CN4C[C@H]5CCNCC[C@H]54)c3C2=O)C(=O)N1. The number of nitrogens with zero attached hydrogens (tertiary/aromatic N) is 2. The highest BCUT2D eigenvalue weighted by molar-refractivity contribution is 6.05. The van der Waals surface area contributed by atoms with Crippen molar-refractivity contribution in [2.24, 2.45) is 5.92 Å². The van der Waals surface area contributed by atoms with Gasteiger partial charge in [-0.1, -0.05) is 18.2 Å². The monoisotopic (exact) mass is 382 g/mol. The van der Waals surface area contributed by atoms with Crippen molar-refractivity contribution in [2.45, 2.75) is 50.9 Å². The highest BCUT2D eigenvalue weighted by Gasteiger charge is 2.42. The first-order valence-corrected chi connectivity index (χ1v) is 10.3. The van der Waals surface area contributed by atoms with E-state index in [4.69, 9.17) is 0 Å². The molecule has 1 aromatic rings. The number of hydrogen-bond acceptors (Lipinski definition) is 5. The van der Waals surface area contributed by atoms with E-state index < -0.39 is 6.04 Å². The zero-order chi connectivity index (χ0) is 19.3. The van der Waals surface area contributed by atoms with Gasteiger partial charge in [0.1, 0.15) is 6.04 Å². The number of carbonyl (C=O) groups excluding carboxylic acids is 3. The van der Waals surface area contributed by atoms with Crippen LogP contribution in [0, 0.1) is 5.92 Å². The molecule has 148 valence electrons. The molecule has 4 heterocycles. The predicted molar refractivity (Wildman–Crippen MR) is 102 cm³/mol. The topological polar surface area (TPSA) is 81.8 Å². The van der Waals surface area contributed by atoms with E-state index in [1.165, 1.54) is 6.42 Å². The summed E-state index contributed by atoms with van der Waals surface area (Å²) in [4.78, 5) is 41.0. The fourth-order valence-electron chi connectivity index (χ4n) is 5.31. The quantitative estimate of drug-likeness (QED) is 0.750. The average molecular weight is 382 g/mol. The molecule has 0 spiro atoms. The van der Waals surface area contributed by atoms with Crippen molar-refractivity contribution < 1.29 is 14.4 Å². The second-order valence-electron chi connectivity index (χ2n) is 8.44. The molecule has 2 N–H and O–H groups in total. The van der Waals surface area contributed by atoms with Gasteiger partial charge in [0, 0.05) is 37.7 Å². The summed E-state index contributed by atoms with van der Waals surface area (Å²) in [6, 6.07) is 6.10. The molecule has 1 unspecified atom stereocenters. The van der Waals surface area contributed by atoms with Crippen LogP contribution in [-0.4, -0.2) is 59.2 Å². The molecule has 7 heteroatoms. The van der Waals surface area contributed by atoms with Gasteiger partial charge in [-0.25, -0.2) is 0 Å². The van der Waals surface area contributed by atoms with Crippen LogP contribution in [0.25, 0.3) is 0 Å². The van der Waals surface area contributed by atoms with E-state index in [9.17, 15) is 14.4 Å². The summed E-state index contributed by atoms with van der Waals surface area (Å²) in [6.07, 6.45) is 3.09. The van der Waals surface area contributed by atoms with E-state index >= 15 is 0 Å². The van der Waals surface area contributed by atoms with Crippen molar-refractivity contribution in [3.05, 3.63) is 34.9 Å². The molecule has 28 heavy (non-hydrogen) atoms. The minimum Gasteiger partial charge on any atom is -0.322 e. The van der Waals surface area contributed by atoms with E-state index in [2.05, 4.69) is 15.5 Å². The molecule has 0 saturated carbocycles. The molecule has 3 saturated heterocycles. The van der Waals surface area contributed by atoms with Crippen LogP contribution in [0.5, 0.6) is 0 Å². The molecule has 3 atom stereocenters. The third-order valence-corrected chi connectivity index (χ3v) is 6.80. The van der Waals surface area contributed by atoms with E-state index in [1.54, 1.807) is 4.90 Å². The Morgan fingerprint density at radius 3 is 2.79 bits per heavy atom. The fraction of sp³-hybridized carbons (Fsp3) is 0.571. The molecule has 4 aliphatic rings. The Bertz CT molecular complexity index is 839. The second-order valence-corrected chi connectivity index (χ2v) is 8.44. The molecule has 1 aromatic carbocycles. The van der Waals surface area contributed by atoms with Crippen molar-refractivity contribution in [1.29, 1.82) is 0 Å². The molecule has 3 amide bonds. The molecule has 7 nitrogen and oxygen atoms in total. The summed E-state index contributed by atoms with van der Waals surface area (Å²) in [6.45, 7) is 4.51. The number of benzene rings is 1. The Morgan fingerprint density at radius 2 is 1.93 bits per heavy atom. The van der Waals surface area contributed by atoms with Gasteiger partial charge in [-0.3, -0.25) is 24.6 Å². The van der Waals surface area contributed by atoms with Crippen molar-refractivity contribution >= 4 is 17.7 Å². The fourth-order valence-corrected chi connectivity index (χ4v) is 5.31. The van der Waals surface area contributed by atoms with Gasteiger partial charge >= 0.3 is 0 Å². The molecular weight excluding hydrogens is 356 g/mol. The van der Waals surface area contributed by atoms with E-state index in [0.717, 1.165) is 55.2 Å². The third kappa shape index (κ3) is 2.93. The van der Waals surface area contributed by atoms with Gasteiger partial charge in [-0.05, 0) is 49.4 Å². The maximum Gasteiger partial charge on any atom is 0.255 e. The number of imide groups is 1. The molecule has 0 radical (unpaired) electrons. The van der Waals surface area contributed by atoms with Crippen LogP contribution < -0.4 is 10.6 Å². The zero-order valence-corrected chi connectivity index (χ0v) is 15.9. The number of rotatable bonds is 3. The highest BCUT2D eigenvalue weighted by atomic mass is 16.2. The summed E-state index contributed by atoms with van der Waals surface area (Å²) >= 11 is 0. The van der Waals surface area contributed by atoms with Crippen LogP contribution >= 0.6 is 0 Å². The number of likely N-dealkylation sites (tertiary alicyclic amines) is 1. The lowest BCUT2D eigenvalue weighted by Crippen LogP contribution is -2.55. The van der Waals surface area contributed by atoms with Crippen LogP contribution in [0.3, 0.4) is 0 Å². The van der Waals surface area contributed by atoms with Gasteiger partial charge in [0.05, 0.1) is 0 Å². The largest absolute Gasteiger partial charge is 0.322 e. The van der Waals surface area contributed by atoms with Crippen LogP contribution in [0.4, 0.5) is 0 Å². The Hall–Kier alpha value is -2.25. The number of amides is 3. The molecule has 0 aromatic heterocycles. The van der Waals surface area contributed by atoms with Gasteiger partial charge in [0.25, 0.3) is 5.91 Å². The van der Waals surface area contributed by atoms with E-state index in [1.807, 2.05) is 18.2 Å². The van der Waals surface area contributed by atoms with Gasteiger partial charge < -0.3 is 10.2 Å². The third-order valence-electron chi connectivity index (χ3n) is 6.80. The number of fused-ring (bicyclic) bond motifs is 2. The summed E-state index contributed by atoms with van der Waals surface area (Å²) in [5.41, 5.74) is 2.82. The molecular formula is C21H26N4O3. The van der Waals surface area contributed by atoms with Crippen molar-refractivity contribution in [2.75, 3.05) is 19.6 Å². The first kappa shape index (κ1) is 17.8. The number of hydrogen-bond donors (Lipinski definition) is 2. The summed E-state index contributed by atoms with van der Waals surface area (Å²) < 4.78 is 0. The molecule has 0 aliphatic carbocycles. The minimum atomic E-state index is -0.549. The van der Waals surface area contributed by atoms with Crippen molar-refractivity contribution in [1.82, 2.24) is 20.4 Å². The standard InChI is InChI=1S/C21H26N4O3/c26-18-5-4-17(20(27)23-18)25-12-15-3-1-2-14(19(15)21(25)28)11-24-10-13-6-8-22-9-7-16(13)24/h1-3,13,16-17,22H,4-12H2,(H,23,26,27)/t13-,16-,17?/m1/s1. The highest BCUT2D eigenvalue weighted by Crippen LogP contribution is 2.35. The van der Waals surface area contributed by atoms with Crippen molar-refractivity contribution in [3.8, 4) is 0 Å². The van der Waals surface area contributed by atoms with Crippen LogP contribution in [0.2, 0.25) is 0 Å². The lowest BCUT2D eigenvalue weighted by Gasteiger charge is -2.48. The molecule has 0 bridgehead atoms. The number of carbonyl (C=O) groups is 3. The first-order valence-electron chi connectivity index (χ1n) is 10.3. The average Bonchev–Trinajstić information content (AvgIpc) is 2.87. The summed E-state index contributed by atoms with van der Waals surface area (Å²) in [7, 11) is 0. The maximum atomic E-state index is 13.2. The predicted octanol–water partition coefficient (Wildman–Crippen LogP) is 0.631. The van der Waals surface area contributed by atoms with E-state index in [-0.39, 0.29) is 24.1 Å². The van der Waals surface area contributed by atoms with Crippen LogP contribution in [0.1, 0.15) is 47.2 Å². The van der Waals surface area contributed by atoms with Crippen molar-refractivity contribution in [3.63, 3.8) is 0 Å². The van der Waals surface area contributed by atoms with Gasteiger partial charge in [-0.15, -0.1) is 0 Å². The van der Waals surface area contributed by atoms with Crippen LogP contribution in [0.15, 0.2) is 18.2 Å². The molecule has 4 aliphatic heterocycles. The Labute approximate surface area is 164 Å². The Balaban J connectivity index is 1.34. The zero-order valence-electron chi connectivity index (χ0n) is 15.9. The molecule has 5 rings (SSSR count). The first-order chi connectivity index (χ1) is 13.6. The normalized spacial score (nSPS) is 30.4. The number of nitrogens with one attached hydrogen (secondary N) is 2. The Kier molecular flexibility index (Phi) is 4.44.